The van der Waals surface area contributed by atoms with E-state index in [1.54, 1.807) is 0 Å². The molecule has 0 bridgehead atoms. The van der Waals surface area contributed by atoms with Gasteiger partial charge in [-0.05, 0) is 93.0 Å². The van der Waals surface area contributed by atoms with E-state index < -0.39 is 0 Å². The lowest BCUT2D eigenvalue weighted by Gasteiger charge is -2.26. The Labute approximate surface area is 254 Å². The molecule has 0 aliphatic rings. The van der Waals surface area contributed by atoms with Crippen molar-refractivity contribution in [3.8, 4) is 44.5 Å². The van der Waals surface area contributed by atoms with Gasteiger partial charge in [-0.3, -0.25) is 0 Å². The number of hydrogen-bond acceptors (Lipinski definition) is 1. The highest BCUT2D eigenvalue weighted by Crippen LogP contribution is 2.37. The van der Waals surface area contributed by atoms with Crippen LogP contribution in [0.5, 0.6) is 0 Å². The third-order valence-electron chi connectivity index (χ3n) is 7.87. The Morgan fingerprint density at radius 1 is 0.209 bits per heavy atom. The SMILES string of the molecule is c1ccc(-c2cccc(-c3ccc(N(c4ccccc4)c4ccc(-c5cccc(-c6ccccc6)c5)cc4)cc3)c2)cc1. The molecule has 0 unspecified atom stereocenters. The zero-order chi connectivity index (χ0) is 28.8. The maximum absolute atomic E-state index is 2.31. The van der Waals surface area contributed by atoms with Crippen LogP contribution in [0, 0.1) is 0 Å². The van der Waals surface area contributed by atoms with Crippen LogP contribution in [-0.2, 0) is 0 Å². The van der Waals surface area contributed by atoms with E-state index in [0.717, 1.165) is 17.1 Å². The van der Waals surface area contributed by atoms with E-state index in [1.165, 1.54) is 44.5 Å². The normalized spacial score (nSPS) is 10.8. The number of rotatable bonds is 7. The Kier molecular flexibility index (Phi) is 7.36. The molecule has 0 aliphatic heterocycles. The lowest BCUT2D eigenvalue weighted by Crippen LogP contribution is -2.09. The summed E-state index contributed by atoms with van der Waals surface area (Å²) in [7, 11) is 0. The van der Waals surface area contributed by atoms with E-state index >= 15 is 0 Å². The molecule has 0 amide bonds. The second kappa shape index (κ2) is 12.1. The second-order valence-electron chi connectivity index (χ2n) is 10.7. The summed E-state index contributed by atoms with van der Waals surface area (Å²) in [6.45, 7) is 0. The number of anilines is 3. The summed E-state index contributed by atoms with van der Waals surface area (Å²) in [4.78, 5) is 2.31. The third kappa shape index (κ3) is 5.75. The van der Waals surface area contributed by atoms with Crippen molar-refractivity contribution in [1.29, 1.82) is 0 Å². The van der Waals surface area contributed by atoms with Crippen LogP contribution < -0.4 is 4.90 Å². The molecule has 0 aliphatic carbocycles. The molecule has 204 valence electrons. The summed E-state index contributed by atoms with van der Waals surface area (Å²) in [5, 5.41) is 0. The van der Waals surface area contributed by atoms with Crippen LogP contribution in [0.1, 0.15) is 0 Å². The number of benzene rings is 7. The molecule has 1 heteroatoms. The Morgan fingerprint density at radius 2 is 0.488 bits per heavy atom. The molecule has 0 heterocycles. The highest BCUT2D eigenvalue weighted by molar-refractivity contribution is 5.81. The average molecular weight is 550 g/mol. The molecule has 0 saturated heterocycles. The van der Waals surface area contributed by atoms with Gasteiger partial charge in [0.2, 0.25) is 0 Å². The van der Waals surface area contributed by atoms with Crippen molar-refractivity contribution >= 4 is 17.1 Å². The molecule has 0 atom stereocenters. The molecule has 0 N–H and O–H groups in total. The number of hydrogen-bond donors (Lipinski definition) is 0. The molecular formula is C42H31N. The Morgan fingerprint density at radius 3 is 0.860 bits per heavy atom. The fourth-order valence-electron chi connectivity index (χ4n) is 5.65. The van der Waals surface area contributed by atoms with Crippen LogP contribution in [0.25, 0.3) is 44.5 Å². The van der Waals surface area contributed by atoms with Crippen molar-refractivity contribution in [3.05, 3.63) is 188 Å². The minimum Gasteiger partial charge on any atom is -0.311 e. The average Bonchev–Trinajstić information content (AvgIpc) is 3.10. The smallest absolute Gasteiger partial charge is 0.0462 e. The van der Waals surface area contributed by atoms with Gasteiger partial charge in [0, 0.05) is 17.1 Å². The van der Waals surface area contributed by atoms with Crippen LogP contribution in [-0.4, -0.2) is 0 Å². The van der Waals surface area contributed by atoms with Gasteiger partial charge in [0.15, 0.2) is 0 Å². The fourth-order valence-corrected chi connectivity index (χ4v) is 5.65. The Balaban J connectivity index is 1.20. The van der Waals surface area contributed by atoms with Gasteiger partial charge in [0.25, 0.3) is 0 Å². The van der Waals surface area contributed by atoms with Crippen molar-refractivity contribution in [2.45, 2.75) is 0 Å². The minimum atomic E-state index is 1.12. The van der Waals surface area contributed by atoms with Crippen LogP contribution in [0.15, 0.2) is 188 Å². The monoisotopic (exact) mass is 549 g/mol. The first-order valence-electron chi connectivity index (χ1n) is 14.7. The van der Waals surface area contributed by atoms with E-state index in [-0.39, 0.29) is 0 Å². The molecule has 0 saturated carbocycles. The van der Waals surface area contributed by atoms with Gasteiger partial charge in [-0.2, -0.15) is 0 Å². The molecule has 1 nitrogen and oxygen atoms in total. The van der Waals surface area contributed by atoms with Gasteiger partial charge >= 0.3 is 0 Å². The Hall–Kier alpha value is -5.66. The molecule has 43 heavy (non-hydrogen) atoms. The first-order valence-corrected chi connectivity index (χ1v) is 14.7. The zero-order valence-corrected chi connectivity index (χ0v) is 23.8. The maximum Gasteiger partial charge on any atom is 0.0462 e. The lowest BCUT2D eigenvalue weighted by molar-refractivity contribution is 1.28. The molecule has 7 aromatic rings. The quantitative estimate of drug-likeness (QED) is 0.191. The van der Waals surface area contributed by atoms with Gasteiger partial charge in [-0.25, -0.2) is 0 Å². The standard InChI is InChI=1S/C42H31N/c1-4-12-32(13-5-1)36-16-10-18-38(30-36)34-22-26-41(27-23-34)43(40-20-8-3-9-21-40)42-28-24-35(25-29-42)39-19-11-17-37(31-39)33-14-6-2-7-15-33/h1-31H. The van der Waals surface area contributed by atoms with Crippen molar-refractivity contribution in [1.82, 2.24) is 0 Å². The van der Waals surface area contributed by atoms with Gasteiger partial charge in [0.1, 0.15) is 0 Å². The van der Waals surface area contributed by atoms with Crippen molar-refractivity contribution in [2.24, 2.45) is 0 Å². The molecule has 0 aromatic heterocycles. The summed E-state index contributed by atoms with van der Waals surface area (Å²) in [6, 6.07) is 66.9. The molecule has 0 radical (unpaired) electrons. The molecule has 0 fully saturated rings. The molecule has 7 rings (SSSR count). The fraction of sp³-hybridized carbons (Fsp3) is 0. The number of para-hydroxylation sites is 1. The van der Waals surface area contributed by atoms with Gasteiger partial charge < -0.3 is 4.90 Å². The van der Waals surface area contributed by atoms with Crippen LogP contribution >= 0.6 is 0 Å². The largest absolute Gasteiger partial charge is 0.311 e. The third-order valence-corrected chi connectivity index (χ3v) is 7.87. The first-order chi connectivity index (χ1) is 21.3. The summed E-state index contributed by atoms with van der Waals surface area (Å²) >= 11 is 0. The Bertz CT molecular complexity index is 1800. The van der Waals surface area contributed by atoms with E-state index in [4.69, 9.17) is 0 Å². The molecule has 0 spiro atoms. The van der Waals surface area contributed by atoms with Crippen LogP contribution in [0.3, 0.4) is 0 Å². The molecule has 7 aromatic carbocycles. The van der Waals surface area contributed by atoms with E-state index in [1.807, 2.05) is 0 Å². The van der Waals surface area contributed by atoms with Crippen LogP contribution in [0.2, 0.25) is 0 Å². The van der Waals surface area contributed by atoms with E-state index in [0.29, 0.717) is 0 Å². The first kappa shape index (κ1) is 26.3. The summed E-state index contributed by atoms with van der Waals surface area (Å²) in [6.07, 6.45) is 0. The zero-order valence-electron chi connectivity index (χ0n) is 23.8. The van der Waals surface area contributed by atoms with Gasteiger partial charge in [-0.15, -0.1) is 0 Å². The summed E-state index contributed by atoms with van der Waals surface area (Å²) < 4.78 is 0. The van der Waals surface area contributed by atoms with E-state index in [9.17, 15) is 0 Å². The number of nitrogens with zero attached hydrogens (tertiary/aromatic N) is 1. The summed E-state index contributed by atoms with van der Waals surface area (Å²) in [5.41, 5.74) is 13.1. The predicted octanol–water partition coefficient (Wildman–Crippen LogP) is 11.8. The predicted molar refractivity (Wildman–Crippen MR) is 183 cm³/mol. The van der Waals surface area contributed by atoms with Crippen molar-refractivity contribution in [3.63, 3.8) is 0 Å². The highest BCUT2D eigenvalue weighted by atomic mass is 15.1. The second-order valence-corrected chi connectivity index (χ2v) is 10.7. The molecular weight excluding hydrogens is 518 g/mol. The van der Waals surface area contributed by atoms with E-state index in [2.05, 4.69) is 193 Å². The van der Waals surface area contributed by atoms with Gasteiger partial charge in [0.05, 0.1) is 0 Å². The topological polar surface area (TPSA) is 3.24 Å². The summed E-state index contributed by atoms with van der Waals surface area (Å²) in [5.74, 6) is 0. The van der Waals surface area contributed by atoms with Gasteiger partial charge in [-0.1, -0.05) is 140 Å². The van der Waals surface area contributed by atoms with Crippen molar-refractivity contribution in [2.75, 3.05) is 4.90 Å². The lowest BCUT2D eigenvalue weighted by atomic mass is 9.98. The maximum atomic E-state index is 2.31. The van der Waals surface area contributed by atoms with Crippen LogP contribution in [0.4, 0.5) is 17.1 Å². The highest BCUT2D eigenvalue weighted by Gasteiger charge is 2.13. The van der Waals surface area contributed by atoms with Crippen molar-refractivity contribution < 1.29 is 0 Å². The minimum absolute atomic E-state index is 1.12.